The van der Waals surface area contributed by atoms with Gasteiger partial charge in [-0.1, -0.05) is 30.3 Å². The molecule has 2 aromatic rings. The van der Waals surface area contributed by atoms with Gasteiger partial charge in [-0.3, -0.25) is 9.59 Å². The number of benzene rings is 2. The zero-order valence-corrected chi connectivity index (χ0v) is 15.8. The molecule has 0 aromatic heterocycles. The number of carboxylic acids is 1. The van der Waals surface area contributed by atoms with Crippen LogP contribution in [0.5, 0.6) is 0 Å². The maximum absolute atomic E-state index is 12.7. The van der Waals surface area contributed by atoms with E-state index in [2.05, 4.69) is 10.2 Å². The van der Waals surface area contributed by atoms with Crippen molar-refractivity contribution in [1.82, 2.24) is 5.32 Å². The lowest BCUT2D eigenvalue weighted by molar-refractivity contribution is -0.137. The minimum Gasteiger partial charge on any atom is -0.481 e. The number of hydrogen-bond donors (Lipinski definition) is 2. The van der Waals surface area contributed by atoms with E-state index in [0.29, 0.717) is 31.6 Å². The molecule has 148 valence electrons. The Morgan fingerprint density at radius 1 is 1.04 bits per heavy atom. The monoisotopic (exact) mass is 382 g/mol. The van der Waals surface area contributed by atoms with E-state index in [1.807, 2.05) is 54.6 Å². The molecule has 1 saturated heterocycles. The Morgan fingerprint density at radius 3 is 2.36 bits per heavy atom. The highest BCUT2D eigenvalue weighted by Crippen LogP contribution is 2.17. The molecule has 1 aliphatic rings. The highest BCUT2D eigenvalue weighted by Gasteiger charge is 2.17. The van der Waals surface area contributed by atoms with E-state index >= 15 is 0 Å². The Morgan fingerprint density at radius 2 is 1.71 bits per heavy atom. The lowest BCUT2D eigenvalue weighted by atomic mass is 10.0. The third kappa shape index (κ3) is 5.82. The van der Waals surface area contributed by atoms with Crippen molar-refractivity contribution in [3.63, 3.8) is 0 Å². The van der Waals surface area contributed by atoms with Crippen molar-refractivity contribution in [2.45, 2.75) is 25.3 Å². The fraction of sp³-hybridized carbons (Fsp3) is 0.364. The number of hydrogen-bond acceptors (Lipinski definition) is 4. The van der Waals surface area contributed by atoms with Crippen LogP contribution < -0.4 is 10.2 Å². The van der Waals surface area contributed by atoms with Crippen molar-refractivity contribution < 1.29 is 19.4 Å². The molecule has 28 heavy (non-hydrogen) atoms. The highest BCUT2D eigenvalue weighted by molar-refractivity contribution is 5.94. The van der Waals surface area contributed by atoms with Crippen LogP contribution >= 0.6 is 0 Å². The molecule has 6 nitrogen and oxygen atoms in total. The molecule has 1 unspecified atom stereocenters. The number of nitrogens with zero attached hydrogens (tertiary/aromatic N) is 1. The first-order valence-corrected chi connectivity index (χ1v) is 9.61. The SMILES string of the molecule is O=C(O)CCC(Cc1ccccc1)NC(=O)c1ccc(N2CCOCC2)cc1. The summed E-state index contributed by atoms with van der Waals surface area (Å²) < 4.78 is 5.37. The zero-order valence-electron chi connectivity index (χ0n) is 15.8. The van der Waals surface area contributed by atoms with Crippen LogP contribution in [0.25, 0.3) is 0 Å². The number of amides is 1. The smallest absolute Gasteiger partial charge is 0.303 e. The number of anilines is 1. The molecule has 1 heterocycles. The van der Waals surface area contributed by atoms with Gasteiger partial charge in [-0.25, -0.2) is 0 Å². The number of aliphatic carboxylic acids is 1. The Hall–Kier alpha value is -2.86. The topological polar surface area (TPSA) is 78.9 Å². The second-order valence-electron chi connectivity index (χ2n) is 6.94. The van der Waals surface area contributed by atoms with Crippen LogP contribution in [0.4, 0.5) is 5.69 Å². The maximum Gasteiger partial charge on any atom is 0.303 e. The van der Waals surface area contributed by atoms with Crippen molar-refractivity contribution >= 4 is 17.6 Å². The van der Waals surface area contributed by atoms with Gasteiger partial charge >= 0.3 is 5.97 Å². The fourth-order valence-electron chi connectivity index (χ4n) is 3.34. The number of carbonyl (C=O) groups is 2. The van der Waals surface area contributed by atoms with Crippen LogP contribution in [-0.2, 0) is 16.0 Å². The highest BCUT2D eigenvalue weighted by atomic mass is 16.5. The summed E-state index contributed by atoms with van der Waals surface area (Å²) in [6, 6.07) is 17.1. The first-order valence-electron chi connectivity index (χ1n) is 9.61. The van der Waals surface area contributed by atoms with Crippen LogP contribution in [-0.4, -0.2) is 49.3 Å². The summed E-state index contributed by atoms with van der Waals surface area (Å²) in [5, 5.41) is 12.0. The number of ether oxygens (including phenoxy) is 1. The number of nitrogens with one attached hydrogen (secondary N) is 1. The summed E-state index contributed by atoms with van der Waals surface area (Å²) >= 11 is 0. The summed E-state index contributed by atoms with van der Waals surface area (Å²) in [4.78, 5) is 25.9. The normalized spacial score (nSPS) is 15.1. The van der Waals surface area contributed by atoms with Crippen molar-refractivity contribution in [2.75, 3.05) is 31.2 Å². The van der Waals surface area contributed by atoms with E-state index in [1.165, 1.54) is 0 Å². The molecule has 1 aliphatic heterocycles. The predicted octanol–water partition coefficient (Wildman–Crippen LogP) is 2.73. The molecule has 0 aliphatic carbocycles. The Balaban J connectivity index is 1.63. The van der Waals surface area contributed by atoms with E-state index in [4.69, 9.17) is 9.84 Å². The van der Waals surface area contributed by atoms with Crippen LogP contribution in [0.1, 0.15) is 28.8 Å². The largest absolute Gasteiger partial charge is 0.481 e. The molecule has 1 atom stereocenters. The molecule has 1 amide bonds. The molecular weight excluding hydrogens is 356 g/mol. The average Bonchev–Trinajstić information content (AvgIpc) is 2.73. The van der Waals surface area contributed by atoms with Crippen molar-refractivity contribution in [3.05, 3.63) is 65.7 Å². The van der Waals surface area contributed by atoms with Crippen molar-refractivity contribution in [3.8, 4) is 0 Å². The molecule has 1 fully saturated rings. The average molecular weight is 382 g/mol. The van der Waals surface area contributed by atoms with Crippen LogP contribution in [0.2, 0.25) is 0 Å². The summed E-state index contributed by atoms with van der Waals surface area (Å²) in [5.41, 5.74) is 2.72. The number of morpholine rings is 1. The van der Waals surface area contributed by atoms with Crippen LogP contribution in [0.3, 0.4) is 0 Å². The molecule has 6 heteroatoms. The van der Waals surface area contributed by atoms with Crippen molar-refractivity contribution in [1.29, 1.82) is 0 Å². The first-order chi connectivity index (χ1) is 13.6. The standard InChI is InChI=1S/C22H26N2O4/c25-21(26)11-8-19(16-17-4-2-1-3-5-17)23-22(27)18-6-9-20(10-7-18)24-12-14-28-15-13-24/h1-7,9-10,19H,8,11-16H2,(H,23,27)(H,25,26). The first kappa shape index (κ1) is 19.9. The quantitative estimate of drug-likeness (QED) is 0.734. The number of rotatable bonds is 8. The zero-order chi connectivity index (χ0) is 19.8. The molecule has 0 saturated carbocycles. The van der Waals surface area contributed by atoms with Crippen LogP contribution in [0, 0.1) is 0 Å². The molecule has 0 radical (unpaired) electrons. The number of carboxylic acid groups (broad SMARTS) is 1. The Kier molecular flexibility index (Phi) is 7.03. The van der Waals surface area contributed by atoms with Gasteiger partial charge in [0.15, 0.2) is 0 Å². The van der Waals surface area contributed by atoms with E-state index in [0.717, 1.165) is 24.3 Å². The molecule has 3 rings (SSSR count). The van der Waals surface area contributed by atoms with E-state index in [-0.39, 0.29) is 18.4 Å². The van der Waals surface area contributed by atoms with Gasteiger partial charge in [0.05, 0.1) is 13.2 Å². The molecule has 2 N–H and O–H groups in total. The third-order valence-electron chi connectivity index (χ3n) is 4.87. The van der Waals surface area contributed by atoms with Gasteiger partial charge in [0.25, 0.3) is 5.91 Å². The third-order valence-corrected chi connectivity index (χ3v) is 4.87. The molecule has 0 bridgehead atoms. The van der Waals surface area contributed by atoms with Gasteiger partial charge in [0.1, 0.15) is 0 Å². The number of carbonyl (C=O) groups excluding carboxylic acids is 1. The minimum atomic E-state index is -0.859. The summed E-state index contributed by atoms with van der Waals surface area (Å²) in [7, 11) is 0. The van der Waals surface area contributed by atoms with Gasteiger partial charge in [0, 0.05) is 36.8 Å². The van der Waals surface area contributed by atoms with E-state index in [9.17, 15) is 9.59 Å². The molecule has 0 spiro atoms. The summed E-state index contributed by atoms with van der Waals surface area (Å²) in [6.07, 6.45) is 1.02. The van der Waals surface area contributed by atoms with E-state index < -0.39 is 5.97 Å². The van der Waals surface area contributed by atoms with Gasteiger partial charge in [-0.2, -0.15) is 0 Å². The van der Waals surface area contributed by atoms with Crippen molar-refractivity contribution in [2.24, 2.45) is 0 Å². The predicted molar refractivity (Wildman–Crippen MR) is 108 cm³/mol. The second-order valence-corrected chi connectivity index (χ2v) is 6.94. The van der Waals surface area contributed by atoms with Gasteiger partial charge in [-0.15, -0.1) is 0 Å². The molecule has 2 aromatic carbocycles. The van der Waals surface area contributed by atoms with Gasteiger partial charge in [0.2, 0.25) is 0 Å². The lowest BCUT2D eigenvalue weighted by Crippen LogP contribution is -2.37. The second kappa shape index (κ2) is 9.90. The lowest BCUT2D eigenvalue weighted by Gasteiger charge is -2.29. The fourth-order valence-corrected chi connectivity index (χ4v) is 3.34. The van der Waals surface area contributed by atoms with Gasteiger partial charge in [-0.05, 0) is 42.7 Å². The Labute approximate surface area is 165 Å². The maximum atomic E-state index is 12.7. The van der Waals surface area contributed by atoms with Gasteiger partial charge < -0.3 is 20.1 Å². The minimum absolute atomic E-state index is 0.0216. The Bertz CT molecular complexity index is 771. The summed E-state index contributed by atoms with van der Waals surface area (Å²) in [6.45, 7) is 3.12. The van der Waals surface area contributed by atoms with E-state index in [1.54, 1.807) is 0 Å². The summed E-state index contributed by atoms with van der Waals surface area (Å²) in [5.74, 6) is -1.04. The molecular formula is C22H26N2O4. The van der Waals surface area contributed by atoms with Crippen LogP contribution in [0.15, 0.2) is 54.6 Å².